The summed E-state index contributed by atoms with van der Waals surface area (Å²) in [4.78, 5) is 13.1. The predicted octanol–water partition coefficient (Wildman–Crippen LogP) is 5.80. The van der Waals surface area contributed by atoms with Crippen LogP contribution in [0.2, 0.25) is 5.02 Å². The molecule has 0 spiro atoms. The molecule has 1 amide bonds. The van der Waals surface area contributed by atoms with Gasteiger partial charge < -0.3 is 10.1 Å². The van der Waals surface area contributed by atoms with Crippen molar-refractivity contribution >= 4 is 34.5 Å². The first-order chi connectivity index (χ1) is 12.2. The van der Waals surface area contributed by atoms with Crippen LogP contribution in [-0.2, 0) is 13.0 Å². The van der Waals surface area contributed by atoms with Gasteiger partial charge >= 0.3 is 0 Å². The molecular weight excluding hydrogens is 354 g/mol. The van der Waals surface area contributed by atoms with Crippen molar-refractivity contribution in [2.24, 2.45) is 0 Å². The van der Waals surface area contributed by atoms with Crippen LogP contribution in [0.25, 0.3) is 0 Å². The number of nitrogens with one attached hydrogen (secondary N) is 1. The van der Waals surface area contributed by atoms with E-state index in [0.29, 0.717) is 22.3 Å². The van der Waals surface area contributed by atoms with Crippen LogP contribution in [0.4, 0.5) is 5.69 Å². The van der Waals surface area contributed by atoms with Crippen LogP contribution >= 0.6 is 22.9 Å². The minimum Gasteiger partial charge on any atom is -0.487 e. The van der Waals surface area contributed by atoms with E-state index in [1.54, 1.807) is 6.07 Å². The van der Waals surface area contributed by atoms with Crippen LogP contribution < -0.4 is 10.1 Å². The van der Waals surface area contributed by atoms with E-state index < -0.39 is 0 Å². The van der Waals surface area contributed by atoms with Crippen molar-refractivity contribution in [1.82, 2.24) is 0 Å². The van der Waals surface area contributed by atoms with Gasteiger partial charge in [-0.1, -0.05) is 48.9 Å². The highest BCUT2D eigenvalue weighted by molar-refractivity contribution is 7.12. The van der Waals surface area contributed by atoms with Crippen LogP contribution in [0.1, 0.15) is 27.7 Å². The second-order valence-electron chi connectivity index (χ2n) is 5.50. The van der Waals surface area contributed by atoms with Crippen LogP contribution in [0.15, 0.2) is 60.0 Å². The van der Waals surface area contributed by atoms with Gasteiger partial charge in [-0.15, -0.1) is 11.3 Å². The van der Waals surface area contributed by atoms with Gasteiger partial charge in [0, 0.05) is 11.3 Å². The molecule has 1 aromatic heterocycles. The van der Waals surface area contributed by atoms with Crippen molar-refractivity contribution in [3.8, 4) is 5.75 Å². The van der Waals surface area contributed by atoms with Gasteiger partial charge in [0.05, 0.1) is 9.90 Å². The number of anilines is 1. The van der Waals surface area contributed by atoms with Gasteiger partial charge in [0.2, 0.25) is 0 Å². The molecule has 25 heavy (non-hydrogen) atoms. The summed E-state index contributed by atoms with van der Waals surface area (Å²) < 4.78 is 5.71. The summed E-state index contributed by atoms with van der Waals surface area (Å²) >= 11 is 7.48. The van der Waals surface area contributed by atoms with Crippen LogP contribution in [0, 0.1) is 0 Å². The largest absolute Gasteiger partial charge is 0.487 e. The number of benzene rings is 2. The Hall–Kier alpha value is -2.30. The van der Waals surface area contributed by atoms with E-state index in [1.165, 1.54) is 11.3 Å². The quantitative estimate of drug-likeness (QED) is 0.595. The molecule has 0 aliphatic carbocycles. The third kappa shape index (κ3) is 4.41. The van der Waals surface area contributed by atoms with Gasteiger partial charge in [0.25, 0.3) is 5.91 Å². The van der Waals surface area contributed by atoms with E-state index in [2.05, 4.69) is 12.2 Å². The number of aryl methyl sites for hydroxylation is 1. The lowest BCUT2D eigenvalue weighted by Crippen LogP contribution is -2.11. The summed E-state index contributed by atoms with van der Waals surface area (Å²) in [6.45, 7) is 2.44. The molecule has 0 fully saturated rings. The number of para-hydroxylation sites is 2. The summed E-state index contributed by atoms with van der Waals surface area (Å²) in [5, 5.41) is 5.49. The number of hydrogen-bond donors (Lipinski definition) is 1. The topological polar surface area (TPSA) is 38.3 Å². The maximum Gasteiger partial charge on any atom is 0.265 e. The maximum absolute atomic E-state index is 12.5. The van der Waals surface area contributed by atoms with Crippen molar-refractivity contribution in [3.05, 3.63) is 81.0 Å². The third-order valence-electron chi connectivity index (χ3n) is 3.76. The maximum atomic E-state index is 12.5. The van der Waals surface area contributed by atoms with Gasteiger partial charge in [-0.3, -0.25) is 4.79 Å². The Morgan fingerprint density at radius 3 is 2.72 bits per heavy atom. The molecular formula is C20H18ClNO2S. The van der Waals surface area contributed by atoms with E-state index in [1.807, 2.05) is 53.9 Å². The lowest BCUT2D eigenvalue weighted by molar-refractivity contribution is 0.103. The summed E-state index contributed by atoms with van der Waals surface area (Å²) in [5.74, 6) is 0.535. The molecule has 0 saturated heterocycles. The van der Waals surface area contributed by atoms with Gasteiger partial charge in [0.15, 0.2) is 0 Å². The highest BCUT2D eigenvalue weighted by atomic mass is 35.5. The number of thiophene rings is 1. The number of halogens is 1. The van der Waals surface area contributed by atoms with Crippen molar-refractivity contribution < 1.29 is 9.53 Å². The van der Waals surface area contributed by atoms with E-state index in [9.17, 15) is 4.79 Å². The molecule has 0 aliphatic rings. The molecule has 5 heteroatoms. The summed E-state index contributed by atoms with van der Waals surface area (Å²) in [7, 11) is 0. The molecule has 0 bridgehead atoms. The Labute approximate surface area is 156 Å². The highest BCUT2D eigenvalue weighted by Gasteiger charge is 2.12. The zero-order chi connectivity index (χ0) is 17.6. The molecule has 128 valence electrons. The van der Waals surface area contributed by atoms with Gasteiger partial charge in [-0.05, 0) is 41.6 Å². The zero-order valence-corrected chi connectivity index (χ0v) is 15.4. The van der Waals surface area contributed by atoms with Crippen molar-refractivity contribution in [2.45, 2.75) is 20.0 Å². The first kappa shape index (κ1) is 17.5. The second kappa shape index (κ2) is 8.19. The Morgan fingerprint density at radius 1 is 1.16 bits per heavy atom. The molecule has 0 radical (unpaired) electrons. The van der Waals surface area contributed by atoms with E-state index in [-0.39, 0.29) is 5.91 Å². The first-order valence-electron chi connectivity index (χ1n) is 8.01. The van der Waals surface area contributed by atoms with Crippen LogP contribution in [-0.4, -0.2) is 5.91 Å². The molecule has 3 aromatic rings. The van der Waals surface area contributed by atoms with E-state index >= 15 is 0 Å². The predicted molar refractivity (Wildman–Crippen MR) is 104 cm³/mol. The molecule has 1 heterocycles. The van der Waals surface area contributed by atoms with Crippen LogP contribution in [0.3, 0.4) is 0 Å². The number of amides is 1. The first-order valence-corrected chi connectivity index (χ1v) is 9.27. The molecule has 0 unspecified atom stereocenters. The molecule has 0 saturated carbocycles. The lowest BCUT2D eigenvalue weighted by Gasteiger charge is -2.08. The van der Waals surface area contributed by atoms with Gasteiger partial charge in [0.1, 0.15) is 12.4 Å². The fourth-order valence-electron chi connectivity index (χ4n) is 2.43. The van der Waals surface area contributed by atoms with E-state index in [4.69, 9.17) is 16.3 Å². The smallest absolute Gasteiger partial charge is 0.265 e. The fraction of sp³-hybridized carbons (Fsp3) is 0.150. The molecule has 1 N–H and O–H groups in total. The summed E-state index contributed by atoms with van der Waals surface area (Å²) in [5.41, 5.74) is 2.92. The Balaban J connectivity index is 1.64. The monoisotopic (exact) mass is 371 g/mol. The minimum absolute atomic E-state index is 0.102. The number of hydrogen-bond acceptors (Lipinski definition) is 3. The molecule has 3 nitrogen and oxygen atoms in total. The Morgan fingerprint density at radius 2 is 1.92 bits per heavy atom. The zero-order valence-electron chi connectivity index (χ0n) is 13.8. The number of rotatable bonds is 6. The lowest BCUT2D eigenvalue weighted by atomic mass is 10.1. The van der Waals surface area contributed by atoms with Crippen molar-refractivity contribution in [2.75, 3.05) is 5.32 Å². The average molecular weight is 372 g/mol. The Kier molecular flexibility index (Phi) is 5.74. The minimum atomic E-state index is -0.102. The van der Waals surface area contributed by atoms with Gasteiger partial charge in [-0.25, -0.2) is 0 Å². The highest BCUT2D eigenvalue weighted by Crippen LogP contribution is 2.25. The fourth-order valence-corrected chi connectivity index (χ4v) is 3.41. The SMILES string of the molecule is CCc1ccccc1NC(=O)c1cc(COc2ccccc2Cl)cs1. The molecule has 0 aliphatic heterocycles. The number of carbonyl (C=O) groups excluding carboxylic acids is 1. The standard InChI is InChI=1S/C20H18ClNO2S/c1-2-15-7-3-5-9-17(15)22-20(23)19-11-14(13-25-19)12-24-18-10-6-4-8-16(18)21/h3-11,13H,2,12H2,1H3,(H,22,23). The van der Waals surface area contributed by atoms with E-state index in [0.717, 1.165) is 23.2 Å². The summed E-state index contributed by atoms with van der Waals surface area (Å²) in [6.07, 6.45) is 0.873. The molecule has 2 aromatic carbocycles. The molecule has 3 rings (SSSR count). The average Bonchev–Trinajstić information content (AvgIpc) is 3.11. The Bertz CT molecular complexity index is 875. The number of ether oxygens (including phenoxy) is 1. The third-order valence-corrected chi connectivity index (χ3v) is 5.05. The van der Waals surface area contributed by atoms with Crippen molar-refractivity contribution in [3.63, 3.8) is 0 Å². The van der Waals surface area contributed by atoms with Crippen molar-refractivity contribution in [1.29, 1.82) is 0 Å². The normalized spacial score (nSPS) is 10.5. The van der Waals surface area contributed by atoms with Gasteiger partial charge in [-0.2, -0.15) is 0 Å². The second-order valence-corrected chi connectivity index (χ2v) is 6.82. The van der Waals surface area contributed by atoms with Crippen LogP contribution in [0.5, 0.6) is 5.75 Å². The summed E-state index contributed by atoms with van der Waals surface area (Å²) in [6, 6.07) is 17.0. The number of carbonyl (C=O) groups is 1. The molecule has 0 atom stereocenters.